The minimum atomic E-state index is -0.816. The number of nitrogens with one attached hydrogen (secondary N) is 1. The summed E-state index contributed by atoms with van der Waals surface area (Å²) in [6.45, 7) is 1.84. The average Bonchev–Trinajstić information content (AvgIpc) is 2.86. The van der Waals surface area contributed by atoms with Crippen LogP contribution in [0, 0.1) is 5.82 Å². The molecule has 0 saturated carbocycles. The Balaban J connectivity index is 1.61. The van der Waals surface area contributed by atoms with Crippen molar-refractivity contribution >= 4 is 22.9 Å². The van der Waals surface area contributed by atoms with Crippen molar-refractivity contribution in [1.82, 2.24) is 15.3 Å². The second-order valence-corrected chi connectivity index (χ2v) is 8.44. The Bertz CT molecular complexity index is 1340. The first-order valence-corrected chi connectivity index (χ1v) is 11.5. The van der Waals surface area contributed by atoms with Crippen LogP contribution in [0.1, 0.15) is 53.8 Å². The lowest BCUT2D eigenvalue weighted by atomic mass is 10.0. The second kappa shape index (κ2) is 10.9. The molecule has 0 bridgehead atoms. The summed E-state index contributed by atoms with van der Waals surface area (Å²) in [6.07, 6.45) is 1.91. The Hall–Kier alpha value is -4.13. The average molecular weight is 472 g/mol. The minimum Gasteiger partial charge on any atom is -0.481 e. The highest BCUT2D eigenvalue weighted by atomic mass is 19.1. The fourth-order valence-electron chi connectivity index (χ4n) is 3.92. The van der Waals surface area contributed by atoms with Gasteiger partial charge in [-0.15, -0.1) is 0 Å². The molecule has 1 aromatic heterocycles. The van der Waals surface area contributed by atoms with E-state index in [0.717, 1.165) is 22.5 Å². The van der Waals surface area contributed by atoms with E-state index in [1.54, 1.807) is 30.3 Å². The smallest absolute Gasteiger partial charge is 0.303 e. The van der Waals surface area contributed by atoms with Crippen molar-refractivity contribution in [3.8, 4) is 11.3 Å². The number of unbranched alkanes of at least 4 members (excludes halogenated alkanes) is 1. The summed E-state index contributed by atoms with van der Waals surface area (Å²) in [6, 6.07) is 20.7. The standard InChI is InChI=1S/C28H26FN3O3/c1-18(19-11-14-22(29)15-12-19)30-28(35)21-13-16-23-25(17-21)31-24(9-5-6-10-26(33)34)27(32-23)20-7-3-2-4-8-20/h2-4,7-8,11-18H,5-6,9-10H2,1H3,(H,30,35)(H,33,34)/t18-/m0/s1. The molecule has 2 N–H and O–H groups in total. The van der Waals surface area contributed by atoms with Crippen LogP contribution in [-0.4, -0.2) is 27.0 Å². The number of fused-ring (bicyclic) bond motifs is 1. The number of halogens is 1. The van der Waals surface area contributed by atoms with Crippen molar-refractivity contribution in [2.45, 2.75) is 38.6 Å². The molecule has 0 saturated heterocycles. The van der Waals surface area contributed by atoms with Gasteiger partial charge in [-0.05, 0) is 62.1 Å². The third-order valence-corrected chi connectivity index (χ3v) is 5.82. The molecule has 3 aromatic carbocycles. The lowest BCUT2D eigenvalue weighted by Crippen LogP contribution is -2.26. The Morgan fingerprint density at radius 1 is 0.943 bits per heavy atom. The maximum Gasteiger partial charge on any atom is 0.303 e. The molecule has 4 rings (SSSR count). The summed E-state index contributed by atoms with van der Waals surface area (Å²) in [5.41, 5.74) is 4.98. The van der Waals surface area contributed by atoms with Crippen LogP contribution in [0.4, 0.5) is 4.39 Å². The molecule has 7 heteroatoms. The van der Waals surface area contributed by atoms with Gasteiger partial charge in [0.2, 0.25) is 0 Å². The van der Waals surface area contributed by atoms with Crippen LogP contribution in [-0.2, 0) is 11.2 Å². The number of aliphatic carboxylic acids is 1. The zero-order valence-corrected chi connectivity index (χ0v) is 19.4. The molecule has 1 amide bonds. The van der Waals surface area contributed by atoms with Gasteiger partial charge < -0.3 is 10.4 Å². The van der Waals surface area contributed by atoms with Gasteiger partial charge in [0.15, 0.2) is 0 Å². The molecule has 178 valence electrons. The van der Waals surface area contributed by atoms with Crippen LogP contribution in [0.15, 0.2) is 72.8 Å². The molecule has 0 aliphatic carbocycles. The van der Waals surface area contributed by atoms with Crippen molar-refractivity contribution in [3.05, 3.63) is 95.4 Å². The summed E-state index contributed by atoms with van der Waals surface area (Å²) in [4.78, 5) is 33.4. The van der Waals surface area contributed by atoms with E-state index in [9.17, 15) is 14.0 Å². The van der Waals surface area contributed by atoms with E-state index in [1.165, 1.54) is 12.1 Å². The Morgan fingerprint density at radius 3 is 2.40 bits per heavy atom. The molecular weight excluding hydrogens is 445 g/mol. The Labute approximate surface area is 202 Å². The largest absolute Gasteiger partial charge is 0.481 e. The Kier molecular flexibility index (Phi) is 7.45. The molecule has 4 aromatic rings. The minimum absolute atomic E-state index is 0.109. The highest BCUT2D eigenvalue weighted by Crippen LogP contribution is 2.25. The number of hydrogen-bond acceptors (Lipinski definition) is 4. The number of aryl methyl sites for hydroxylation is 1. The quantitative estimate of drug-likeness (QED) is 0.305. The van der Waals surface area contributed by atoms with Crippen molar-refractivity contribution in [3.63, 3.8) is 0 Å². The third kappa shape index (κ3) is 6.06. The predicted octanol–water partition coefficient (Wildman–Crippen LogP) is 5.72. The third-order valence-electron chi connectivity index (χ3n) is 5.82. The van der Waals surface area contributed by atoms with Gasteiger partial charge in [-0.1, -0.05) is 42.5 Å². The van der Waals surface area contributed by atoms with Gasteiger partial charge in [0.1, 0.15) is 5.82 Å². The summed E-state index contributed by atoms with van der Waals surface area (Å²) in [7, 11) is 0. The number of amides is 1. The molecule has 6 nitrogen and oxygen atoms in total. The first kappa shape index (κ1) is 24.0. The van der Waals surface area contributed by atoms with Gasteiger partial charge in [-0.25, -0.2) is 14.4 Å². The van der Waals surface area contributed by atoms with E-state index in [4.69, 9.17) is 15.1 Å². The van der Waals surface area contributed by atoms with E-state index in [-0.39, 0.29) is 24.2 Å². The predicted molar refractivity (Wildman–Crippen MR) is 132 cm³/mol. The molecule has 0 aliphatic heterocycles. The zero-order valence-electron chi connectivity index (χ0n) is 19.4. The van der Waals surface area contributed by atoms with Crippen molar-refractivity contribution in [2.75, 3.05) is 0 Å². The van der Waals surface area contributed by atoms with E-state index >= 15 is 0 Å². The second-order valence-electron chi connectivity index (χ2n) is 8.44. The first-order chi connectivity index (χ1) is 16.9. The lowest BCUT2D eigenvalue weighted by Gasteiger charge is -2.15. The first-order valence-electron chi connectivity index (χ1n) is 11.5. The van der Waals surface area contributed by atoms with E-state index < -0.39 is 5.97 Å². The Morgan fingerprint density at radius 2 is 1.69 bits per heavy atom. The normalized spacial score (nSPS) is 11.8. The zero-order chi connectivity index (χ0) is 24.8. The summed E-state index contributed by atoms with van der Waals surface area (Å²) >= 11 is 0. The fourth-order valence-corrected chi connectivity index (χ4v) is 3.92. The van der Waals surface area contributed by atoms with Crippen LogP contribution in [0.2, 0.25) is 0 Å². The fraction of sp³-hybridized carbons (Fsp3) is 0.214. The van der Waals surface area contributed by atoms with Crippen LogP contribution in [0.5, 0.6) is 0 Å². The van der Waals surface area contributed by atoms with E-state index in [1.807, 2.05) is 37.3 Å². The van der Waals surface area contributed by atoms with Crippen LogP contribution < -0.4 is 5.32 Å². The molecule has 0 fully saturated rings. The SMILES string of the molecule is C[C@H](NC(=O)c1ccc2nc(-c3ccccc3)c(CCCCC(=O)O)nc2c1)c1ccc(F)cc1. The molecule has 1 heterocycles. The monoisotopic (exact) mass is 471 g/mol. The van der Waals surface area contributed by atoms with Crippen molar-refractivity contribution in [2.24, 2.45) is 0 Å². The number of rotatable bonds is 9. The van der Waals surface area contributed by atoms with Crippen LogP contribution >= 0.6 is 0 Å². The highest BCUT2D eigenvalue weighted by molar-refractivity contribution is 5.97. The number of carboxylic acid groups (broad SMARTS) is 1. The van der Waals surface area contributed by atoms with Crippen molar-refractivity contribution < 1.29 is 19.1 Å². The number of carbonyl (C=O) groups is 2. The number of nitrogens with zero attached hydrogens (tertiary/aromatic N) is 2. The van der Waals surface area contributed by atoms with Gasteiger partial charge in [0.25, 0.3) is 5.91 Å². The van der Waals surface area contributed by atoms with E-state index in [0.29, 0.717) is 35.9 Å². The lowest BCUT2D eigenvalue weighted by molar-refractivity contribution is -0.137. The molecule has 0 radical (unpaired) electrons. The topological polar surface area (TPSA) is 92.2 Å². The molecular formula is C28H26FN3O3. The van der Waals surface area contributed by atoms with Gasteiger partial charge in [-0.3, -0.25) is 9.59 Å². The number of aromatic nitrogens is 2. The molecule has 0 aliphatic rings. The van der Waals surface area contributed by atoms with Gasteiger partial charge >= 0.3 is 5.97 Å². The van der Waals surface area contributed by atoms with Crippen molar-refractivity contribution in [1.29, 1.82) is 0 Å². The molecule has 35 heavy (non-hydrogen) atoms. The number of carbonyl (C=O) groups excluding carboxylic acids is 1. The summed E-state index contributed by atoms with van der Waals surface area (Å²) in [5, 5.41) is 11.9. The molecule has 1 atom stereocenters. The number of benzene rings is 3. The van der Waals surface area contributed by atoms with Gasteiger partial charge in [0.05, 0.1) is 28.5 Å². The number of carboxylic acids is 1. The summed E-state index contributed by atoms with van der Waals surface area (Å²) < 4.78 is 13.2. The van der Waals surface area contributed by atoms with Gasteiger partial charge in [0, 0.05) is 17.5 Å². The maximum absolute atomic E-state index is 13.2. The highest BCUT2D eigenvalue weighted by Gasteiger charge is 2.15. The van der Waals surface area contributed by atoms with Crippen LogP contribution in [0.3, 0.4) is 0 Å². The maximum atomic E-state index is 13.2. The molecule has 0 spiro atoms. The number of hydrogen-bond donors (Lipinski definition) is 2. The molecule has 0 unspecified atom stereocenters. The van der Waals surface area contributed by atoms with Gasteiger partial charge in [-0.2, -0.15) is 0 Å². The van der Waals surface area contributed by atoms with E-state index in [2.05, 4.69) is 5.32 Å². The van der Waals surface area contributed by atoms with Crippen LogP contribution in [0.25, 0.3) is 22.3 Å². The summed E-state index contributed by atoms with van der Waals surface area (Å²) in [5.74, 6) is -1.40.